The van der Waals surface area contributed by atoms with Crippen LogP contribution in [-0.4, -0.2) is 31.5 Å². The van der Waals surface area contributed by atoms with Crippen molar-refractivity contribution in [2.24, 2.45) is 0 Å². The number of carbonyl (C=O) groups is 1. The Balaban J connectivity index is 1.51. The van der Waals surface area contributed by atoms with Crippen LogP contribution in [0.25, 0.3) is 23.0 Å². The summed E-state index contributed by atoms with van der Waals surface area (Å²) in [6.07, 6.45) is 5.54. The van der Waals surface area contributed by atoms with Crippen LogP contribution in [-0.2, 0) is 4.79 Å². The van der Waals surface area contributed by atoms with Gasteiger partial charge in [0.15, 0.2) is 0 Å². The molecular weight excluding hydrogens is 498 g/mol. The highest BCUT2D eigenvalue weighted by atomic mass is 32.2. The number of amides is 1. The molecule has 3 aromatic carbocycles. The quantitative estimate of drug-likeness (QED) is 0.140. The summed E-state index contributed by atoms with van der Waals surface area (Å²) < 4.78 is 8.01. The zero-order valence-electron chi connectivity index (χ0n) is 20.3. The van der Waals surface area contributed by atoms with Crippen molar-refractivity contribution in [3.8, 4) is 22.7 Å². The first-order valence-electron chi connectivity index (χ1n) is 11.9. The van der Waals surface area contributed by atoms with Gasteiger partial charge in [0, 0.05) is 17.3 Å². The van der Waals surface area contributed by atoms with Gasteiger partial charge in [-0.3, -0.25) is 9.69 Å². The molecule has 0 unspecified atom stereocenters. The average molecular weight is 524 g/mol. The number of benzene rings is 3. The Labute approximate surface area is 226 Å². The minimum Gasteiger partial charge on any atom is -0.490 e. The Morgan fingerprint density at radius 3 is 2.38 bits per heavy atom. The summed E-state index contributed by atoms with van der Waals surface area (Å²) in [7, 11) is 0. The Morgan fingerprint density at radius 1 is 1.03 bits per heavy atom. The van der Waals surface area contributed by atoms with Crippen LogP contribution >= 0.6 is 24.0 Å². The molecule has 0 spiro atoms. The number of ether oxygens (including phenoxy) is 1. The van der Waals surface area contributed by atoms with Crippen molar-refractivity contribution < 1.29 is 9.53 Å². The molecule has 5 rings (SSSR count). The van der Waals surface area contributed by atoms with Crippen LogP contribution in [0.15, 0.2) is 109 Å². The largest absolute Gasteiger partial charge is 0.490 e. The molecule has 1 atom stereocenters. The predicted octanol–water partition coefficient (Wildman–Crippen LogP) is 7.07. The number of thiocarbonyl (C=S) groups is 1. The first-order chi connectivity index (χ1) is 18.0. The van der Waals surface area contributed by atoms with Crippen molar-refractivity contribution >= 4 is 40.3 Å². The molecule has 0 N–H and O–H groups in total. The molecule has 0 bridgehead atoms. The molecule has 1 fully saturated rings. The molecule has 184 valence electrons. The summed E-state index contributed by atoms with van der Waals surface area (Å²) in [4.78, 5) is 15.8. The molecule has 1 saturated heterocycles. The lowest BCUT2D eigenvalue weighted by Gasteiger charge is -2.23. The smallest absolute Gasteiger partial charge is 0.266 e. The first-order valence-corrected chi connectivity index (χ1v) is 13.1. The van der Waals surface area contributed by atoms with Crippen molar-refractivity contribution in [1.82, 2.24) is 14.7 Å². The molecule has 0 aliphatic carbocycles. The van der Waals surface area contributed by atoms with E-state index in [1.807, 2.05) is 109 Å². The number of aromatic nitrogens is 2. The second kappa shape index (κ2) is 11.0. The number of para-hydroxylation sites is 1. The normalized spacial score (nSPS) is 15.3. The third kappa shape index (κ3) is 5.28. The number of nitrogens with zero attached hydrogens (tertiary/aromatic N) is 3. The maximum atomic E-state index is 13.5. The maximum Gasteiger partial charge on any atom is 0.266 e. The van der Waals surface area contributed by atoms with Gasteiger partial charge in [0.05, 0.1) is 22.3 Å². The minimum absolute atomic E-state index is 0.0991. The summed E-state index contributed by atoms with van der Waals surface area (Å²) in [5, 5.41) is 4.88. The first kappa shape index (κ1) is 24.7. The van der Waals surface area contributed by atoms with Crippen LogP contribution < -0.4 is 4.74 Å². The number of hydrogen-bond donors (Lipinski definition) is 0. The van der Waals surface area contributed by atoms with E-state index < -0.39 is 0 Å². The number of rotatable bonds is 8. The lowest BCUT2D eigenvalue weighted by atomic mass is 10.1. The lowest BCUT2D eigenvalue weighted by molar-refractivity contribution is -0.123. The van der Waals surface area contributed by atoms with Gasteiger partial charge in [0.25, 0.3) is 5.91 Å². The lowest BCUT2D eigenvalue weighted by Crippen LogP contribution is -2.30. The second-order valence-corrected chi connectivity index (χ2v) is 10.2. The van der Waals surface area contributed by atoms with E-state index in [1.165, 1.54) is 11.8 Å². The average Bonchev–Trinajstić information content (AvgIpc) is 3.48. The highest BCUT2D eigenvalue weighted by Crippen LogP contribution is 2.39. The highest BCUT2D eigenvalue weighted by Gasteiger charge is 2.36. The summed E-state index contributed by atoms with van der Waals surface area (Å²) in [5.74, 6) is 0.654. The van der Waals surface area contributed by atoms with Gasteiger partial charge in [0.1, 0.15) is 16.7 Å². The fourth-order valence-electron chi connectivity index (χ4n) is 4.13. The van der Waals surface area contributed by atoms with E-state index in [0.29, 0.717) is 15.8 Å². The molecule has 0 radical (unpaired) electrons. The van der Waals surface area contributed by atoms with Crippen LogP contribution in [0.5, 0.6) is 5.75 Å². The zero-order chi connectivity index (χ0) is 25.8. The van der Waals surface area contributed by atoms with Crippen molar-refractivity contribution in [3.05, 3.63) is 120 Å². The van der Waals surface area contributed by atoms with Crippen LogP contribution in [0.3, 0.4) is 0 Å². The van der Waals surface area contributed by atoms with Crippen LogP contribution in [0, 0.1) is 0 Å². The van der Waals surface area contributed by atoms with Gasteiger partial charge < -0.3 is 4.74 Å². The molecule has 2 heterocycles. The van der Waals surface area contributed by atoms with E-state index >= 15 is 0 Å². The van der Waals surface area contributed by atoms with E-state index in [9.17, 15) is 4.79 Å². The third-order valence-electron chi connectivity index (χ3n) is 6.04. The Morgan fingerprint density at radius 2 is 1.70 bits per heavy atom. The van der Waals surface area contributed by atoms with Gasteiger partial charge in [0.2, 0.25) is 0 Å². The van der Waals surface area contributed by atoms with Crippen LogP contribution in [0.4, 0.5) is 0 Å². The molecule has 4 aromatic rings. The molecule has 0 saturated carbocycles. The van der Waals surface area contributed by atoms with Crippen molar-refractivity contribution in [1.29, 1.82) is 0 Å². The zero-order valence-corrected chi connectivity index (χ0v) is 21.9. The van der Waals surface area contributed by atoms with Crippen molar-refractivity contribution in [2.45, 2.75) is 13.0 Å². The number of thioether (sulfide) groups is 1. The van der Waals surface area contributed by atoms with E-state index in [-0.39, 0.29) is 11.9 Å². The monoisotopic (exact) mass is 523 g/mol. The Hall–Kier alpha value is -3.94. The molecule has 1 aromatic heterocycles. The van der Waals surface area contributed by atoms with Gasteiger partial charge in [-0.2, -0.15) is 5.10 Å². The Kier molecular flexibility index (Phi) is 7.35. The van der Waals surface area contributed by atoms with Gasteiger partial charge in [-0.1, -0.05) is 85.2 Å². The summed E-state index contributed by atoms with van der Waals surface area (Å²) in [5.41, 5.74) is 4.48. The van der Waals surface area contributed by atoms with E-state index in [1.54, 1.807) is 11.0 Å². The fourth-order valence-corrected chi connectivity index (χ4v) is 5.54. The fraction of sp³-hybridized carbons (Fsp3) is 0.100. The van der Waals surface area contributed by atoms with E-state index in [0.717, 1.165) is 33.8 Å². The standard InChI is InChI=1S/C30H25N3O2S2/c1-3-18-35-26-16-14-23(15-17-26)28-24(20-32(31-28)25-12-8-5-9-13-25)19-27-29(34)33(30(36)37-27)21(2)22-10-6-4-7-11-22/h3-17,19-21H,1,18H2,2H3/b27-19-/t21-/m1/s1. The number of hydrogen-bond acceptors (Lipinski definition) is 5. The molecule has 7 heteroatoms. The van der Waals surface area contributed by atoms with E-state index in [4.69, 9.17) is 22.1 Å². The summed E-state index contributed by atoms with van der Waals surface area (Å²) in [6, 6.07) is 27.4. The maximum absolute atomic E-state index is 13.5. The molecule has 1 amide bonds. The predicted molar refractivity (Wildman–Crippen MR) is 155 cm³/mol. The van der Waals surface area contributed by atoms with Crippen LogP contribution in [0.2, 0.25) is 0 Å². The van der Waals surface area contributed by atoms with Crippen LogP contribution in [0.1, 0.15) is 24.1 Å². The van der Waals surface area contributed by atoms with Gasteiger partial charge in [-0.25, -0.2) is 4.68 Å². The highest BCUT2D eigenvalue weighted by molar-refractivity contribution is 8.26. The molecule has 37 heavy (non-hydrogen) atoms. The topological polar surface area (TPSA) is 47.4 Å². The summed E-state index contributed by atoms with van der Waals surface area (Å²) in [6.45, 7) is 6.13. The molecular formula is C30H25N3O2S2. The van der Waals surface area contributed by atoms with Gasteiger partial charge in [-0.05, 0) is 55.0 Å². The van der Waals surface area contributed by atoms with Gasteiger partial charge >= 0.3 is 0 Å². The third-order valence-corrected chi connectivity index (χ3v) is 7.37. The van der Waals surface area contributed by atoms with E-state index in [2.05, 4.69) is 6.58 Å². The van der Waals surface area contributed by atoms with Crippen molar-refractivity contribution in [2.75, 3.05) is 6.61 Å². The molecule has 1 aliphatic heterocycles. The Bertz CT molecular complexity index is 1460. The second-order valence-electron chi connectivity index (χ2n) is 8.48. The number of carbonyl (C=O) groups excluding carboxylic acids is 1. The van der Waals surface area contributed by atoms with Crippen molar-refractivity contribution in [3.63, 3.8) is 0 Å². The SMILES string of the molecule is C=CCOc1ccc(-c2nn(-c3ccccc3)cc2/C=C2\SC(=S)N([C@H](C)c3ccccc3)C2=O)cc1. The summed E-state index contributed by atoms with van der Waals surface area (Å²) >= 11 is 6.95. The van der Waals surface area contributed by atoms with Gasteiger partial charge in [-0.15, -0.1) is 0 Å². The molecule has 1 aliphatic rings. The molecule has 5 nitrogen and oxygen atoms in total. The minimum atomic E-state index is -0.158.